The Kier molecular flexibility index (Phi) is 6.42. The maximum Gasteiger partial charge on any atom is 0.261 e. The molecule has 0 saturated heterocycles. The van der Waals surface area contributed by atoms with Crippen molar-refractivity contribution in [2.24, 2.45) is 0 Å². The lowest BCUT2D eigenvalue weighted by Crippen LogP contribution is -2.16. The van der Waals surface area contributed by atoms with Crippen molar-refractivity contribution in [1.29, 1.82) is 0 Å². The van der Waals surface area contributed by atoms with Crippen LogP contribution in [0.1, 0.15) is 35.8 Å². The molecule has 2 aromatic carbocycles. The molecule has 174 valence electrons. The van der Waals surface area contributed by atoms with Crippen LogP contribution < -0.4 is 10.0 Å². The summed E-state index contributed by atoms with van der Waals surface area (Å²) in [5.74, 6) is -0.243. The Hall–Kier alpha value is -4.05. The highest BCUT2D eigenvalue weighted by molar-refractivity contribution is 7.92. The van der Waals surface area contributed by atoms with Crippen LogP contribution >= 0.6 is 0 Å². The predicted molar refractivity (Wildman–Crippen MR) is 127 cm³/mol. The van der Waals surface area contributed by atoms with E-state index in [1.165, 1.54) is 30.5 Å². The van der Waals surface area contributed by atoms with Crippen LogP contribution in [0.4, 0.5) is 15.8 Å². The van der Waals surface area contributed by atoms with E-state index in [4.69, 9.17) is 0 Å². The molecule has 0 atom stereocenters. The van der Waals surface area contributed by atoms with Crippen molar-refractivity contribution in [2.45, 2.75) is 24.7 Å². The van der Waals surface area contributed by atoms with Crippen LogP contribution in [-0.4, -0.2) is 29.1 Å². The Morgan fingerprint density at radius 3 is 2.26 bits per heavy atom. The zero-order chi connectivity index (χ0) is 24.3. The largest absolute Gasteiger partial charge is 0.322 e. The third-order valence-corrected chi connectivity index (χ3v) is 6.38. The third kappa shape index (κ3) is 4.96. The average Bonchev–Trinajstić information content (AvgIpc) is 3.27. The number of sulfonamides is 1. The maximum atomic E-state index is 13.1. The Morgan fingerprint density at radius 1 is 0.971 bits per heavy atom. The number of halogens is 1. The molecule has 2 heterocycles. The second kappa shape index (κ2) is 9.44. The van der Waals surface area contributed by atoms with E-state index in [9.17, 15) is 17.6 Å². The summed E-state index contributed by atoms with van der Waals surface area (Å²) in [7, 11) is -3.87. The van der Waals surface area contributed by atoms with Crippen LogP contribution in [0.15, 0.2) is 84.0 Å². The predicted octanol–water partition coefficient (Wildman–Crippen LogP) is 4.58. The number of anilines is 2. The highest BCUT2D eigenvalue weighted by Gasteiger charge is 2.21. The minimum atomic E-state index is -3.87. The van der Waals surface area contributed by atoms with Gasteiger partial charge in [-0.05, 0) is 66.6 Å². The van der Waals surface area contributed by atoms with Gasteiger partial charge in [-0.25, -0.2) is 22.5 Å². The van der Waals surface area contributed by atoms with Gasteiger partial charge in [0.2, 0.25) is 0 Å². The summed E-state index contributed by atoms with van der Waals surface area (Å²) in [6, 6.07) is 16.2. The van der Waals surface area contributed by atoms with E-state index >= 15 is 0 Å². The molecule has 4 rings (SSSR count). The van der Waals surface area contributed by atoms with Crippen molar-refractivity contribution in [3.05, 3.63) is 96.2 Å². The Labute approximate surface area is 196 Å². The van der Waals surface area contributed by atoms with Crippen LogP contribution in [0.2, 0.25) is 0 Å². The van der Waals surface area contributed by atoms with Crippen LogP contribution in [0.25, 0.3) is 5.82 Å². The van der Waals surface area contributed by atoms with E-state index in [2.05, 4.69) is 20.1 Å². The lowest BCUT2D eigenvalue weighted by Gasteiger charge is -2.13. The smallest absolute Gasteiger partial charge is 0.261 e. The second-order valence-electron chi connectivity index (χ2n) is 7.79. The quantitative estimate of drug-likeness (QED) is 0.404. The molecule has 34 heavy (non-hydrogen) atoms. The fourth-order valence-corrected chi connectivity index (χ4v) is 4.46. The molecule has 10 heteroatoms. The van der Waals surface area contributed by atoms with Crippen molar-refractivity contribution in [1.82, 2.24) is 14.8 Å². The first-order valence-corrected chi connectivity index (χ1v) is 11.9. The lowest BCUT2D eigenvalue weighted by molar-refractivity contribution is 0.102. The van der Waals surface area contributed by atoms with Gasteiger partial charge in [0.15, 0.2) is 5.82 Å². The molecule has 2 N–H and O–H groups in total. The number of hydrogen-bond donors (Lipinski definition) is 2. The van der Waals surface area contributed by atoms with E-state index in [1.807, 2.05) is 26.0 Å². The minimum Gasteiger partial charge on any atom is -0.322 e. The van der Waals surface area contributed by atoms with Crippen molar-refractivity contribution in [2.75, 3.05) is 10.0 Å². The first-order valence-electron chi connectivity index (χ1n) is 10.4. The van der Waals surface area contributed by atoms with Gasteiger partial charge in [-0.15, -0.1) is 0 Å². The Morgan fingerprint density at radius 2 is 1.65 bits per heavy atom. The standard InChI is InChI=1S/C24H22FN5O3S/c1-16(2)23-21(15-27-30(23)22-5-3-4-14-26-22)24(31)28-18-8-10-19(11-9-18)29-34(32,33)20-12-6-17(25)7-13-20/h3-16,29H,1-2H3,(H,28,31). The molecule has 4 aromatic rings. The molecule has 0 fully saturated rings. The summed E-state index contributed by atoms with van der Waals surface area (Å²) in [6.45, 7) is 3.94. The van der Waals surface area contributed by atoms with Crippen LogP contribution in [-0.2, 0) is 10.0 Å². The molecular formula is C24H22FN5O3S. The zero-order valence-electron chi connectivity index (χ0n) is 18.4. The van der Waals surface area contributed by atoms with Crippen LogP contribution in [0.3, 0.4) is 0 Å². The number of nitrogens with one attached hydrogen (secondary N) is 2. The molecule has 0 aliphatic rings. The monoisotopic (exact) mass is 479 g/mol. The van der Waals surface area contributed by atoms with Gasteiger partial charge in [0, 0.05) is 17.6 Å². The molecule has 1 amide bonds. The van der Waals surface area contributed by atoms with Crippen molar-refractivity contribution in [3.63, 3.8) is 0 Å². The van der Waals surface area contributed by atoms with Gasteiger partial charge in [0.25, 0.3) is 15.9 Å². The van der Waals surface area contributed by atoms with Gasteiger partial charge in [-0.1, -0.05) is 19.9 Å². The number of carbonyl (C=O) groups excluding carboxylic acids is 1. The topological polar surface area (TPSA) is 106 Å². The fourth-order valence-electron chi connectivity index (χ4n) is 3.40. The number of carbonyl (C=O) groups is 1. The lowest BCUT2D eigenvalue weighted by atomic mass is 10.1. The number of benzene rings is 2. The average molecular weight is 480 g/mol. The molecule has 0 saturated carbocycles. The number of pyridine rings is 1. The summed E-state index contributed by atoms with van der Waals surface area (Å²) >= 11 is 0. The molecule has 8 nitrogen and oxygen atoms in total. The number of amides is 1. The van der Waals surface area contributed by atoms with E-state index < -0.39 is 15.8 Å². The van der Waals surface area contributed by atoms with E-state index in [0.717, 1.165) is 17.8 Å². The van der Waals surface area contributed by atoms with E-state index in [1.54, 1.807) is 29.1 Å². The minimum absolute atomic E-state index is 0.00787. The van der Waals surface area contributed by atoms with E-state index in [-0.39, 0.29) is 16.7 Å². The van der Waals surface area contributed by atoms with Crippen molar-refractivity contribution >= 4 is 27.3 Å². The van der Waals surface area contributed by atoms with Gasteiger partial charge < -0.3 is 5.32 Å². The second-order valence-corrected chi connectivity index (χ2v) is 9.47. The summed E-state index contributed by atoms with van der Waals surface area (Å²) < 4.78 is 42.1. The van der Waals surface area contributed by atoms with Gasteiger partial charge in [-0.3, -0.25) is 9.52 Å². The number of aromatic nitrogens is 3. The number of nitrogens with zero attached hydrogens (tertiary/aromatic N) is 3. The molecule has 0 aliphatic carbocycles. The third-order valence-electron chi connectivity index (χ3n) is 4.98. The molecular weight excluding hydrogens is 457 g/mol. The highest BCUT2D eigenvalue weighted by atomic mass is 32.2. The van der Waals surface area contributed by atoms with Gasteiger partial charge in [0.05, 0.1) is 22.3 Å². The molecule has 0 spiro atoms. The molecule has 0 unspecified atom stereocenters. The fraction of sp³-hybridized carbons (Fsp3) is 0.125. The number of hydrogen-bond acceptors (Lipinski definition) is 5. The van der Waals surface area contributed by atoms with Crippen LogP contribution in [0.5, 0.6) is 0 Å². The first-order chi connectivity index (χ1) is 16.2. The summed E-state index contributed by atoms with van der Waals surface area (Å²) in [4.78, 5) is 17.2. The molecule has 2 aromatic heterocycles. The molecule has 0 bridgehead atoms. The maximum absolute atomic E-state index is 13.1. The Bertz CT molecular complexity index is 1400. The number of rotatable bonds is 7. The molecule has 0 radical (unpaired) electrons. The normalized spacial score (nSPS) is 11.4. The summed E-state index contributed by atoms with van der Waals surface area (Å²) in [6.07, 6.45) is 3.16. The highest BCUT2D eigenvalue weighted by Crippen LogP contribution is 2.24. The van der Waals surface area contributed by atoms with Crippen LogP contribution in [0, 0.1) is 5.82 Å². The summed E-state index contributed by atoms with van der Waals surface area (Å²) in [5, 5.41) is 7.17. The van der Waals surface area contributed by atoms with Gasteiger partial charge >= 0.3 is 0 Å². The zero-order valence-corrected chi connectivity index (χ0v) is 19.3. The summed E-state index contributed by atoms with van der Waals surface area (Å²) in [5.41, 5.74) is 1.92. The van der Waals surface area contributed by atoms with Crippen molar-refractivity contribution in [3.8, 4) is 5.82 Å². The van der Waals surface area contributed by atoms with Crippen molar-refractivity contribution < 1.29 is 17.6 Å². The molecule has 0 aliphatic heterocycles. The Balaban J connectivity index is 1.50. The SMILES string of the molecule is CC(C)c1c(C(=O)Nc2ccc(NS(=O)(=O)c3ccc(F)cc3)cc2)cnn1-c1ccccn1. The van der Waals surface area contributed by atoms with Gasteiger partial charge in [0.1, 0.15) is 5.82 Å². The van der Waals surface area contributed by atoms with E-state index in [0.29, 0.717) is 22.8 Å². The first kappa shape index (κ1) is 23.1. The van der Waals surface area contributed by atoms with Gasteiger partial charge in [-0.2, -0.15) is 5.10 Å².